The molecule has 0 N–H and O–H groups in total. The number of hydrogen-bond acceptors (Lipinski definition) is 6. The summed E-state index contributed by atoms with van der Waals surface area (Å²) in [5.74, 6) is 1.58. The smallest absolute Gasteiger partial charge is 0.218 e. The fourth-order valence-corrected chi connectivity index (χ4v) is 5.34. The van der Waals surface area contributed by atoms with Crippen molar-refractivity contribution in [1.29, 1.82) is 0 Å². The molecular weight excluding hydrogens is 304 g/mol. The molecule has 122 valence electrons. The quantitative estimate of drug-likeness (QED) is 0.799. The van der Waals surface area contributed by atoms with Crippen LogP contribution in [-0.4, -0.2) is 60.7 Å². The van der Waals surface area contributed by atoms with Crippen molar-refractivity contribution in [3.8, 4) is 5.88 Å². The minimum Gasteiger partial charge on any atom is -0.481 e. The summed E-state index contributed by atoms with van der Waals surface area (Å²) in [6, 6.07) is 2.08. The molecule has 22 heavy (non-hydrogen) atoms. The molecule has 7 nitrogen and oxygen atoms in total. The molecule has 2 aliphatic rings. The number of sulfonamides is 1. The van der Waals surface area contributed by atoms with Crippen molar-refractivity contribution in [2.24, 2.45) is 0 Å². The summed E-state index contributed by atoms with van der Waals surface area (Å²) >= 11 is 0. The van der Waals surface area contributed by atoms with E-state index in [0.717, 1.165) is 25.2 Å². The van der Waals surface area contributed by atoms with Gasteiger partial charge in [0.1, 0.15) is 12.1 Å². The van der Waals surface area contributed by atoms with Crippen molar-refractivity contribution in [3.05, 3.63) is 12.4 Å². The van der Waals surface area contributed by atoms with Gasteiger partial charge in [-0.3, -0.25) is 0 Å². The molecule has 2 aliphatic heterocycles. The van der Waals surface area contributed by atoms with Gasteiger partial charge in [0, 0.05) is 31.2 Å². The van der Waals surface area contributed by atoms with E-state index < -0.39 is 10.0 Å². The number of aromatic nitrogens is 2. The zero-order chi connectivity index (χ0) is 15.7. The molecule has 2 saturated heterocycles. The number of nitrogens with zero attached hydrogens (tertiary/aromatic N) is 4. The SMILES string of the molecule is CCCS(=O)(=O)N1CC[C@H]2[C@H]1CCN2c1cc(OC)ncn1. The summed E-state index contributed by atoms with van der Waals surface area (Å²) in [6.07, 6.45) is 3.84. The van der Waals surface area contributed by atoms with Crippen LogP contribution in [0.25, 0.3) is 0 Å². The standard InChI is InChI=1S/C14H22N4O3S/c1-3-8-22(19,20)18-7-5-11-12(18)4-6-17(11)13-9-14(21-2)16-10-15-13/h9-12H,3-8H2,1-2H3/t11-,12+/m0/s1. The highest BCUT2D eigenvalue weighted by Crippen LogP contribution is 2.36. The third-order valence-corrected chi connectivity index (χ3v) is 6.57. The van der Waals surface area contributed by atoms with Gasteiger partial charge < -0.3 is 9.64 Å². The van der Waals surface area contributed by atoms with Gasteiger partial charge in [-0.1, -0.05) is 6.92 Å². The highest BCUT2D eigenvalue weighted by molar-refractivity contribution is 7.89. The van der Waals surface area contributed by atoms with Gasteiger partial charge in [0.25, 0.3) is 0 Å². The predicted octanol–water partition coefficient (Wildman–Crippen LogP) is 0.878. The second-order valence-electron chi connectivity index (χ2n) is 5.75. The first-order chi connectivity index (χ1) is 10.6. The van der Waals surface area contributed by atoms with E-state index in [-0.39, 0.29) is 17.8 Å². The average Bonchev–Trinajstić information content (AvgIpc) is 3.08. The van der Waals surface area contributed by atoms with E-state index >= 15 is 0 Å². The first-order valence-corrected chi connectivity index (χ1v) is 9.30. The summed E-state index contributed by atoms with van der Waals surface area (Å²) < 4.78 is 31.6. The molecule has 0 aromatic carbocycles. The van der Waals surface area contributed by atoms with E-state index in [1.54, 1.807) is 11.4 Å². The van der Waals surface area contributed by atoms with Crippen LogP contribution in [0, 0.1) is 0 Å². The largest absolute Gasteiger partial charge is 0.481 e. The van der Waals surface area contributed by atoms with Crippen LogP contribution in [0.1, 0.15) is 26.2 Å². The lowest BCUT2D eigenvalue weighted by molar-refractivity contribution is 0.387. The second kappa shape index (κ2) is 6.00. The van der Waals surface area contributed by atoms with E-state index in [0.29, 0.717) is 18.8 Å². The molecule has 0 aliphatic carbocycles. The van der Waals surface area contributed by atoms with Crippen LogP contribution >= 0.6 is 0 Å². The van der Waals surface area contributed by atoms with Crippen LogP contribution in [0.2, 0.25) is 0 Å². The van der Waals surface area contributed by atoms with Gasteiger partial charge in [0.05, 0.1) is 12.9 Å². The first-order valence-electron chi connectivity index (χ1n) is 7.69. The monoisotopic (exact) mass is 326 g/mol. The normalized spacial score (nSPS) is 25.5. The summed E-state index contributed by atoms with van der Waals surface area (Å²) in [4.78, 5) is 10.5. The lowest BCUT2D eigenvalue weighted by Crippen LogP contribution is -2.40. The summed E-state index contributed by atoms with van der Waals surface area (Å²) in [5, 5.41) is 0. The van der Waals surface area contributed by atoms with Gasteiger partial charge >= 0.3 is 0 Å². The fraction of sp³-hybridized carbons (Fsp3) is 0.714. The van der Waals surface area contributed by atoms with Gasteiger partial charge in [-0.2, -0.15) is 4.31 Å². The predicted molar refractivity (Wildman–Crippen MR) is 83.5 cm³/mol. The highest BCUT2D eigenvalue weighted by Gasteiger charge is 2.47. The van der Waals surface area contributed by atoms with Gasteiger partial charge in [-0.05, 0) is 19.3 Å². The van der Waals surface area contributed by atoms with Crippen molar-refractivity contribution in [3.63, 3.8) is 0 Å². The topological polar surface area (TPSA) is 75.6 Å². The molecule has 0 bridgehead atoms. The number of methoxy groups -OCH3 is 1. The van der Waals surface area contributed by atoms with Crippen molar-refractivity contribution < 1.29 is 13.2 Å². The van der Waals surface area contributed by atoms with E-state index in [1.165, 1.54) is 6.33 Å². The van der Waals surface area contributed by atoms with Crippen molar-refractivity contribution >= 4 is 15.8 Å². The van der Waals surface area contributed by atoms with Crippen molar-refractivity contribution in [2.75, 3.05) is 30.9 Å². The number of hydrogen-bond donors (Lipinski definition) is 0. The molecule has 0 amide bonds. The van der Waals surface area contributed by atoms with E-state index in [2.05, 4.69) is 14.9 Å². The number of anilines is 1. The zero-order valence-electron chi connectivity index (χ0n) is 13.0. The van der Waals surface area contributed by atoms with E-state index in [4.69, 9.17) is 4.74 Å². The van der Waals surface area contributed by atoms with Gasteiger partial charge in [0.2, 0.25) is 15.9 Å². The minimum atomic E-state index is -3.13. The number of fused-ring (bicyclic) bond motifs is 1. The van der Waals surface area contributed by atoms with E-state index in [1.807, 2.05) is 13.0 Å². The van der Waals surface area contributed by atoms with Crippen molar-refractivity contribution in [1.82, 2.24) is 14.3 Å². The highest BCUT2D eigenvalue weighted by atomic mass is 32.2. The molecule has 8 heteroatoms. The Balaban J connectivity index is 1.80. The summed E-state index contributed by atoms with van der Waals surface area (Å²) in [6.45, 7) is 3.32. The first kappa shape index (κ1) is 15.5. The average molecular weight is 326 g/mol. The molecule has 2 atom stereocenters. The lowest BCUT2D eigenvalue weighted by Gasteiger charge is -2.26. The van der Waals surface area contributed by atoms with Gasteiger partial charge in [-0.15, -0.1) is 0 Å². The summed E-state index contributed by atoms with van der Waals surface area (Å²) in [7, 11) is -1.56. The van der Waals surface area contributed by atoms with Crippen molar-refractivity contribution in [2.45, 2.75) is 38.3 Å². The Morgan fingerprint density at radius 2 is 2.05 bits per heavy atom. The zero-order valence-corrected chi connectivity index (χ0v) is 13.8. The Kier molecular flexibility index (Phi) is 4.22. The minimum absolute atomic E-state index is 0.0671. The maximum atomic E-state index is 12.4. The second-order valence-corrected chi connectivity index (χ2v) is 7.79. The molecule has 0 saturated carbocycles. The molecule has 0 spiro atoms. The molecule has 2 fully saturated rings. The van der Waals surface area contributed by atoms with Crippen LogP contribution in [0.3, 0.4) is 0 Å². The van der Waals surface area contributed by atoms with Crippen LogP contribution in [0.5, 0.6) is 5.88 Å². The Morgan fingerprint density at radius 1 is 1.27 bits per heavy atom. The third-order valence-electron chi connectivity index (χ3n) is 4.48. The molecule has 1 aromatic heterocycles. The van der Waals surface area contributed by atoms with Crippen LogP contribution in [0.15, 0.2) is 12.4 Å². The Hall–Kier alpha value is -1.41. The van der Waals surface area contributed by atoms with Gasteiger partial charge in [-0.25, -0.2) is 18.4 Å². The Morgan fingerprint density at radius 3 is 2.77 bits per heavy atom. The molecule has 3 rings (SSSR count). The van der Waals surface area contributed by atoms with Crippen LogP contribution in [0.4, 0.5) is 5.82 Å². The molecular formula is C14H22N4O3S. The fourth-order valence-electron chi connectivity index (χ4n) is 3.55. The molecule has 0 unspecified atom stereocenters. The van der Waals surface area contributed by atoms with Gasteiger partial charge in [0.15, 0.2) is 0 Å². The number of rotatable bonds is 5. The molecule has 0 radical (unpaired) electrons. The summed E-state index contributed by atoms with van der Waals surface area (Å²) in [5.41, 5.74) is 0. The lowest BCUT2D eigenvalue weighted by atomic mass is 10.1. The number of ether oxygens (including phenoxy) is 1. The van der Waals surface area contributed by atoms with Crippen LogP contribution < -0.4 is 9.64 Å². The maximum absolute atomic E-state index is 12.4. The third kappa shape index (κ3) is 2.65. The molecule has 3 heterocycles. The Labute approximate surface area is 131 Å². The van der Waals surface area contributed by atoms with E-state index in [9.17, 15) is 8.42 Å². The maximum Gasteiger partial charge on any atom is 0.218 e. The molecule has 1 aromatic rings. The Bertz CT molecular complexity index is 637. The van der Waals surface area contributed by atoms with Crippen LogP contribution in [-0.2, 0) is 10.0 Å².